The quantitative estimate of drug-likeness (QED) is 0.865. The van der Waals surface area contributed by atoms with Gasteiger partial charge in [-0.15, -0.1) is 0 Å². The van der Waals surface area contributed by atoms with Gasteiger partial charge in [0.15, 0.2) is 0 Å². The third-order valence-corrected chi connectivity index (χ3v) is 2.81. The Kier molecular flexibility index (Phi) is 2.56. The zero-order valence-corrected chi connectivity index (χ0v) is 9.56. The lowest BCUT2D eigenvalue weighted by Crippen LogP contribution is -2.12. The number of hydrogen-bond donors (Lipinski definition) is 1. The number of hydrogen-bond acceptors (Lipinski definition) is 2. The summed E-state index contributed by atoms with van der Waals surface area (Å²) in [4.78, 5) is 18.3. The van der Waals surface area contributed by atoms with Crippen LogP contribution in [0.5, 0.6) is 0 Å². The number of aromatic amines is 1. The van der Waals surface area contributed by atoms with Gasteiger partial charge in [0.25, 0.3) is 5.56 Å². The number of nitrogens with one attached hydrogen (secondary N) is 1. The minimum atomic E-state index is -0.478. The van der Waals surface area contributed by atoms with Gasteiger partial charge in [-0.1, -0.05) is 6.92 Å². The van der Waals surface area contributed by atoms with Crippen molar-refractivity contribution in [3.63, 3.8) is 0 Å². The number of rotatable bonds is 1. The molecule has 0 bridgehead atoms. The van der Waals surface area contributed by atoms with Gasteiger partial charge in [0, 0.05) is 10.9 Å². The zero-order valence-electron chi connectivity index (χ0n) is 7.97. The van der Waals surface area contributed by atoms with Gasteiger partial charge in [-0.3, -0.25) is 4.79 Å². The summed E-state index contributed by atoms with van der Waals surface area (Å²) in [5, 5.41) is 0.257. The predicted octanol–water partition coefficient (Wildman–Crippen LogP) is 2.39. The lowest BCUT2D eigenvalue weighted by atomic mass is 10.2. The molecule has 0 spiro atoms. The van der Waals surface area contributed by atoms with E-state index in [0.717, 1.165) is 0 Å². The van der Waals surface area contributed by atoms with Crippen LogP contribution in [0.2, 0.25) is 0 Å². The Morgan fingerprint density at radius 2 is 2.27 bits per heavy atom. The van der Waals surface area contributed by atoms with Gasteiger partial charge in [0.05, 0.1) is 5.39 Å². The van der Waals surface area contributed by atoms with E-state index >= 15 is 0 Å². The van der Waals surface area contributed by atoms with Crippen molar-refractivity contribution in [2.45, 2.75) is 13.3 Å². The maximum absolute atomic E-state index is 13.4. The fourth-order valence-corrected chi connectivity index (χ4v) is 1.89. The Morgan fingerprint density at radius 1 is 1.53 bits per heavy atom. The number of aryl methyl sites for hydroxylation is 1. The van der Waals surface area contributed by atoms with Crippen LogP contribution in [0.1, 0.15) is 12.7 Å². The largest absolute Gasteiger partial charge is 0.310 e. The zero-order chi connectivity index (χ0) is 11.0. The average molecular weight is 271 g/mol. The fraction of sp³-hybridized carbons (Fsp3) is 0.200. The number of fused-ring (bicyclic) bond motifs is 1. The van der Waals surface area contributed by atoms with E-state index in [2.05, 4.69) is 25.9 Å². The monoisotopic (exact) mass is 270 g/mol. The van der Waals surface area contributed by atoms with E-state index in [0.29, 0.717) is 16.7 Å². The molecule has 78 valence electrons. The molecule has 0 saturated carbocycles. The highest BCUT2D eigenvalue weighted by atomic mass is 79.9. The molecule has 2 rings (SSSR count). The van der Waals surface area contributed by atoms with E-state index in [1.807, 2.05) is 6.92 Å². The van der Waals surface area contributed by atoms with Crippen LogP contribution in [-0.2, 0) is 6.42 Å². The first kappa shape index (κ1) is 10.3. The third-order valence-electron chi connectivity index (χ3n) is 2.14. The van der Waals surface area contributed by atoms with Gasteiger partial charge in [-0.25, -0.2) is 9.37 Å². The molecule has 0 amide bonds. The Bertz CT molecular complexity index is 579. The van der Waals surface area contributed by atoms with Gasteiger partial charge >= 0.3 is 0 Å². The summed E-state index contributed by atoms with van der Waals surface area (Å²) in [6.45, 7) is 1.85. The third kappa shape index (κ3) is 1.67. The summed E-state index contributed by atoms with van der Waals surface area (Å²) >= 11 is 3.20. The first-order chi connectivity index (χ1) is 7.13. The molecule has 0 aliphatic heterocycles. The first-order valence-electron chi connectivity index (χ1n) is 4.50. The molecule has 1 heterocycles. The minimum absolute atomic E-state index is 0.116. The topological polar surface area (TPSA) is 45.8 Å². The van der Waals surface area contributed by atoms with Gasteiger partial charge in [0.1, 0.15) is 17.2 Å². The van der Waals surface area contributed by atoms with Crippen LogP contribution in [-0.4, -0.2) is 9.97 Å². The van der Waals surface area contributed by atoms with Crippen LogP contribution in [0.15, 0.2) is 21.4 Å². The smallest absolute Gasteiger partial charge is 0.260 e. The van der Waals surface area contributed by atoms with Crippen molar-refractivity contribution < 1.29 is 4.39 Å². The van der Waals surface area contributed by atoms with Crippen molar-refractivity contribution in [1.29, 1.82) is 0 Å². The van der Waals surface area contributed by atoms with Gasteiger partial charge in [0.2, 0.25) is 0 Å². The second-order valence-electron chi connectivity index (χ2n) is 3.12. The van der Waals surface area contributed by atoms with E-state index < -0.39 is 5.82 Å². The first-order valence-corrected chi connectivity index (χ1v) is 5.29. The van der Waals surface area contributed by atoms with Gasteiger partial charge in [-0.2, -0.15) is 0 Å². The molecule has 0 unspecified atom stereocenters. The Hall–Kier alpha value is -1.23. The minimum Gasteiger partial charge on any atom is -0.310 e. The maximum atomic E-state index is 13.4. The molecule has 0 aliphatic carbocycles. The summed E-state index contributed by atoms with van der Waals surface area (Å²) in [5.74, 6) is 0.0125. The second kappa shape index (κ2) is 3.73. The molecule has 0 radical (unpaired) electrons. The van der Waals surface area contributed by atoms with Crippen LogP contribution in [0.25, 0.3) is 10.9 Å². The fourth-order valence-electron chi connectivity index (χ4n) is 1.39. The van der Waals surface area contributed by atoms with E-state index in [9.17, 15) is 9.18 Å². The Labute approximate surface area is 93.5 Å². The molecule has 3 nitrogen and oxygen atoms in total. The van der Waals surface area contributed by atoms with Crippen LogP contribution in [0, 0.1) is 5.82 Å². The molecule has 0 saturated heterocycles. The molecule has 2 aromatic rings. The summed E-state index contributed by atoms with van der Waals surface area (Å²) in [5.41, 5.74) is -0.201. The molecule has 15 heavy (non-hydrogen) atoms. The average Bonchev–Trinajstić information content (AvgIpc) is 2.23. The standard InChI is InChI=1S/C10H8BrFN2O/c1-2-7-13-9-6(12)4-3-5(11)8(9)10(15)14-7/h3-4H,2H2,1H3,(H,13,14,15). The molecule has 1 aromatic heterocycles. The Balaban J connectivity index is 2.97. The van der Waals surface area contributed by atoms with E-state index in [1.165, 1.54) is 12.1 Å². The summed E-state index contributed by atoms with van der Waals surface area (Å²) in [7, 11) is 0. The molecular formula is C10H8BrFN2O. The maximum Gasteiger partial charge on any atom is 0.260 e. The van der Waals surface area contributed by atoms with Crippen LogP contribution >= 0.6 is 15.9 Å². The molecule has 5 heteroatoms. The van der Waals surface area contributed by atoms with E-state index in [1.54, 1.807) is 0 Å². The Morgan fingerprint density at radius 3 is 2.93 bits per heavy atom. The van der Waals surface area contributed by atoms with Gasteiger partial charge in [-0.05, 0) is 28.1 Å². The molecule has 0 atom stereocenters. The molecule has 1 aromatic carbocycles. The number of H-pyrrole nitrogens is 1. The van der Waals surface area contributed by atoms with Crippen molar-refractivity contribution in [2.75, 3.05) is 0 Å². The summed E-state index contributed by atoms with van der Waals surface area (Å²) in [6.07, 6.45) is 0.567. The van der Waals surface area contributed by atoms with E-state index in [-0.39, 0.29) is 16.5 Å². The normalized spacial score (nSPS) is 10.9. The number of benzene rings is 1. The lowest BCUT2D eigenvalue weighted by molar-refractivity contribution is 0.635. The molecule has 0 aliphatic rings. The van der Waals surface area contributed by atoms with Gasteiger partial charge < -0.3 is 4.98 Å². The van der Waals surface area contributed by atoms with Crippen LogP contribution in [0.3, 0.4) is 0 Å². The van der Waals surface area contributed by atoms with Crippen molar-refractivity contribution in [3.05, 3.63) is 38.6 Å². The lowest BCUT2D eigenvalue weighted by Gasteiger charge is -2.02. The molecule has 1 N–H and O–H groups in total. The highest BCUT2D eigenvalue weighted by molar-refractivity contribution is 9.10. The van der Waals surface area contributed by atoms with E-state index in [4.69, 9.17) is 0 Å². The van der Waals surface area contributed by atoms with Crippen molar-refractivity contribution in [3.8, 4) is 0 Å². The van der Waals surface area contributed by atoms with Crippen molar-refractivity contribution >= 4 is 26.8 Å². The highest BCUT2D eigenvalue weighted by Gasteiger charge is 2.10. The number of aromatic nitrogens is 2. The summed E-state index contributed by atoms with van der Waals surface area (Å²) < 4.78 is 14.0. The molecular weight excluding hydrogens is 263 g/mol. The SMILES string of the molecule is CCc1nc2c(F)ccc(Br)c2c(=O)[nH]1. The highest BCUT2D eigenvalue weighted by Crippen LogP contribution is 2.21. The number of nitrogens with zero attached hydrogens (tertiary/aromatic N) is 1. The number of halogens is 2. The van der Waals surface area contributed by atoms with Crippen LogP contribution in [0.4, 0.5) is 4.39 Å². The second-order valence-corrected chi connectivity index (χ2v) is 3.97. The van der Waals surface area contributed by atoms with Crippen LogP contribution < -0.4 is 5.56 Å². The van der Waals surface area contributed by atoms with Crippen molar-refractivity contribution in [1.82, 2.24) is 9.97 Å². The van der Waals surface area contributed by atoms with Crippen molar-refractivity contribution in [2.24, 2.45) is 0 Å². The molecule has 0 fully saturated rings. The summed E-state index contributed by atoms with van der Waals surface area (Å²) in [6, 6.07) is 2.79. The predicted molar refractivity (Wildman–Crippen MR) is 59.4 cm³/mol.